The molecule has 0 spiro atoms. The predicted octanol–water partition coefficient (Wildman–Crippen LogP) is 0.438. The molecular formula is C8H11BrN2O3. The van der Waals surface area contributed by atoms with Gasteiger partial charge >= 0.3 is 6.03 Å². The number of imide groups is 1. The number of urea groups is 1. The Balaban J connectivity index is 2.04. The van der Waals surface area contributed by atoms with Crippen molar-refractivity contribution in [2.45, 2.75) is 23.9 Å². The molecule has 2 aliphatic heterocycles. The summed E-state index contributed by atoms with van der Waals surface area (Å²) >= 11 is 3.21. The van der Waals surface area contributed by atoms with Crippen molar-refractivity contribution in [2.75, 3.05) is 13.2 Å². The second kappa shape index (κ2) is 3.86. The summed E-state index contributed by atoms with van der Waals surface area (Å²) in [5, 5.41) is 2.28. The molecule has 0 bridgehead atoms. The molecule has 14 heavy (non-hydrogen) atoms. The summed E-state index contributed by atoms with van der Waals surface area (Å²) in [4.78, 5) is 23.8. The van der Waals surface area contributed by atoms with Crippen LogP contribution < -0.4 is 5.32 Å². The van der Waals surface area contributed by atoms with Crippen molar-refractivity contribution < 1.29 is 14.3 Å². The fraction of sp³-hybridized carbons (Fsp3) is 0.750. The summed E-state index contributed by atoms with van der Waals surface area (Å²) in [7, 11) is 0. The monoisotopic (exact) mass is 262 g/mol. The number of nitrogens with one attached hydrogen (secondary N) is 1. The minimum absolute atomic E-state index is 0.164. The van der Waals surface area contributed by atoms with Crippen LogP contribution in [0.15, 0.2) is 0 Å². The van der Waals surface area contributed by atoms with Crippen molar-refractivity contribution in [3.8, 4) is 0 Å². The maximum absolute atomic E-state index is 11.4. The van der Waals surface area contributed by atoms with Crippen LogP contribution in [-0.4, -0.2) is 41.0 Å². The Hall–Kier alpha value is -0.620. The van der Waals surface area contributed by atoms with Gasteiger partial charge in [0.1, 0.15) is 11.1 Å². The van der Waals surface area contributed by atoms with E-state index in [2.05, 4.69) is 21.2 Å². The maximum Gasteiger partial charge on any atom is 0.326 e. The molecule has 2 aliphatic rings. The van der Waals surface area contributed by atoms with Gasteiger partial charge in [0.15, 0.2) is 0 Å². The van der Waals surface area contributed by atoms with Gasteiger partial charge < -0.3 is 4.74 Å². The summed E-state index contributed by atoms with van der Waals surface area (Å²) < 4.78 is 5.38. The van der Waals surface area contributed by atoms with Crippen LogP contribution in [-0.2, 0) is 9.53 Å². The average molecular weight is 263 g/mol. The number of alkyl halides is 1. The number of hydrogen-bond acceptors (Lipinski definition) is 3. The average Bonchev–Trinajstić information content (AvgIpc) is 2.64. The predicted molar refractivity (Wildman–Crippen MR) is 51.9 cm³/mol. The van der Waals surface area contributed by atoms with E-state index >= 15 is 0 Å². The van der Waals surface area contributed by atoms with E-state index in [4.69, 9.17) is 4.74 Å². The van der Waals surface area contributed by atoms with E-state index in [0.717, 1.165) is 12.8 Å². The van der Waals surface area contributed by atoms with E-state index < -0.39 is 0 Å². The molecule has 2 fully saturated rings. The fourth-order valence-corrected chi connectivity index (χ4v) is 2.08. The van der Waals surface area contributed by atoms with Crippen molar-refractivity contribution in [3.63, 3.8) is 0 Å². The van der Waals surface area contributed by atoms with E-state index in [9.17, 15) is 9.59 Å². The van der Waals surface area contributed by atoms with Gasteiger partial charge in [0, 0.05) is 13.2 Å². The molecule has 0 radical (unpaired) electrons. The molecule has 0 aromatic carbocycles. The van der Waals surface area contributed by atoms with Gasteiger partial charge in [0.2, 0.25) is 5.91 Å². The Labute approximate surface area is 89.9 Å². The van der Waals surface area contributed by atoms with Crippen LogP contribution in [0.1, 0.15) is 12.8 Å². The minimum Gasteiger partial charge on any atom is -0.358 e. The zero-order valence-electron chi connectivity index (χ0n) is 7.53. The zero-order chi connectivity index (χ0) is 10.1. The summed E-state index contributed by atoms with van der Waals surface area (Å²) in [5.41, 5.74) is 0. The normalized spacial score (nSPS) is 33.4. The summed E-state index contributed by atoms with van der Waals surface area (Å²) in [6.45, 7) is 1.07. The quantitative estimate of drug-likeness (QED) is 0.698. The second-order valence-corrected chi connectivity index (χ2v) is 4.49. The molecule has 2 rings (SSSR count). The first kappa shape index (κ1) is 9.92. The van der Waals surface area contributed by atoms with E-state index in [1.165, 1.54) is 0 Å². The maximum atomic E-state index is 11.4. The number of ether oxygens (including phenoxy) is 1. The van der Waals surface area contributed by atoms with Gasteiger partial charge in [-0.25, -0.2) is 4.79 Å². The highest BCUT2D eigenvalue weighted by Gasteiger charge is 2.36. The highest BCUT2D eigenvalue weighted by molar-refractivity contribution is 9.10. The van der Waals surface area contributed by atoms with E-state index in [0.29, 0.717) is 13.2 Å². The van der Waals surface area contributed by atoms with Gasteiger partial charge in [-0.15, -0.1) is 0 Å². The number of halogens is 1. The molecule has 2 saturated heterocycles. The Morgan fingerprint density at radius 1 is 1.50 bits per heavy atom. The smallest absolute Gasteiger partial charge is 0.326 e. The van der Waals surface area contributed by atoms with Gasteiger partial charge in [-0.3, -0.25) is 15.0 Å². The lowest BCUT2D eigenvalue weighted by molar-refractivity contribution is -0.122. The lowest BCUT2D eigenvalue weighted by atomic mass is 10.2. The third kappa shape index (κ3) is 1.76. The molecule has 6 heteroatoms. The molecule has 0 aromatic heterocycles. The van der Waals surface area contributed by atoms with Gasteiger partial charge in [-0.2, -0.15) is 0 Å². The number of amides is 3. The number of carbonyl (C=O) groups excluding carboxylic acids is 2. The molecule has 0 saturated carbocycles. The first-order chi connectivity index (χ1) is 6.68. The standard InChI is InChI=1S/C8H11BrN2O3/c9-5-4-11(6-2-1-3-14-6)8(13)10-7(5)12/h5-6H,1-4H2,(H,10,12,13). The first-order valence-electron chi connectivity index (χ1n) is 4.55. The lowest BCUT2D eigenvalue weighted by Crippen LogP contribution is -2.58. The Bertz CT molecular complexity index is 265. The summed E-state index contributed by atoms with van der Waals surface area (Å²) in [5.74, 6) is -0.274. The van der Waals surface area contributed by atoms with Crippen LogP contribution in [0.25, 0.3) is 0 Å². The number of hydrogen-bond donors (Lipinski definition) is 1. The molecule has 2 unspecified atom stereocenters. The molecule has 5 nitrogen and oxygen atoms in total. The van der Waals surface area contributed by atoms with Gasteiger partial charge in [-0.1, -0.05) is 15.9 Å². The number of carbonyl (C=O) groups is 2. The van der Waals surface area contributed by atoms with Crippen LogP contribution >= 0.6 is 15.9 Å². The van der Waals surface area contributed by atoms with Crippen LogP contribution in [0.4, 0.5) is 4.79 Å². The van der Waals surface area contributed by atoms with E-state index in [-0.39, 0.29) is 23.0 Å². The van der Waals surface area contributed by atoms with Gasteiger partial charge in [0.05, 0.1) is 0 Å². The summed E-state index contributed by atoms with van der Waals surface area (Å²) in [6, 6.07) is -0.349. The third-order valence-electron chi connectivity index (χ3n) is 2.39. The number of nitrogens with zero attached hydrogens (tertiary/aromatic N) is 1. The van der Waals surface area contributed by atoms with Crippen LogP contribution in [0.2, 0.25) is 0 Å². The van der Waals surface area contributed by atoms with Crippen LogP contribution in [0.5, 0.6) is 0 Å². The molecule has 2 heterocycles. The first-order valence-corrected chi connectivity index (χ1v) is 5.47. The van der Waals surface area contributed by atoms with E-state index in [1.807, 2.05) is 0 Å². The van der Waals surface area contributed by atoms with Crippen molar-refractivity contribution in [2.24, 2.45) is 0 Å². The largest absolute Gasteiger partial charge is 0.358 e. The van der Waals surface area contributed by atoms with Crippen molar-refractivity contribution in [3.05, 3.63) is 0 Å². The van der Waals surface area contributed by atoms with Crippen LogP contribution in [0, 0.1) is 0 Å². The topological polar surface area (TPSA) is 58.6 Å². The Morgan fingerprint density at radius 3 is 2.93 bits per heavy atom. The fourth-order valence-electron chi connectivity index (χ4n) is 1.65. The van der Waals surface area contributed by atoms with Crippen molar-refractivity contribution in [1.82, 2.24) is 10.2 Å². The molecule has 0 aromatic rings. The number of rotatable bonds is 1. The zero-order valence-corrected chi connectivity index (χ0v) is 9.12. The van der Waals surface area contributed by atoms with E-state index in [1.54, 1.807) is 4.90 Å². The third-order valence-corrected chi connectivity index (χ3v) is 3.09. The highest BCUT2D eigenvalue weighted by Crippen LogP contribution is 2.20. The molecular weight excluding hydrogens is 252 g/mol. The lowest BCUT2D eigenvalue weighted by Gasteiger charge is -2.33. The van der Waals surface area contributed by atoms with Gasteiger partial charge in [0.25, 0.3) is 0 Å². The minimum atomic E-state index is -0.349. The molecule has 78 valence electrons. The Kier molecular flexibility index (Phi) is 2.73. The summed E-state index contributed by atoms with van der Waals surface area (Å²) in [6.07, 6.45) is 1.65. The Morgan fingerprint density at radius 2 is 2.29 bits per heavy atom. The van der Waals surface area contributed by atoms with Crippen LogP contribution in [0.3, 0.4) is 0 Å². The molecule has 1 N–H and O–H groups in total. The van der Waals surface area contributed by atoms with Gasteiger partial charge in [-0.05, 0) is 12.8 Å². The van der Waals surface area contributed by atoms with Crippen molar-refractivity contribution >= 4 is 27.9 Å². The van der Waals surface area contributed by atoms with Crippen molar-refractivity contribution in [1.29, 1.82) is 0 Å². The second-order valence-electron chi connectivity index (χ2n) is 3.38. The molecule has 2 atom stereocenters. The molecule has 0 aliphatic carbocycles. The molecule has 3 amide bonds. The SMILES string of the molecule is O=C1NC(=O)N(C2CCCO2)CC1Br. The highest BCUT2D eigenvalue weighted by atomic mass is 79.9.